The number of carbonyl (C=O) groups excluding carboxylic acids is 1. The molecule has 1 aromatic rings. The van der Waals surface area contributed by atoms with Crippen LogP contribution in [0.5, 0.6) is 5.75 Å². The molecule has 0 aliphatic carbocycles. The van der Waals surface area contributed by atoms with Crippen molar-refractivity contribution in [1.82, 2.24) is 5.32 Å². The Bertz CT molecular complexity index is 541. The summed E-state index contributed by atoms with van der Waals surface area (Å²) in [6.07, 6.45) is 1.57. The van der Waals surface area contributed by atoms with Gasteiger partial charge in [-0.1, -0.05) is 25.4 Å². The SMILES string of the molecule is COc1ccc(Cl)cc1C(=O)NCCCC(C)(C)C1OCCO1. The molecule has 1 amide bonds. The van der Waals surface area contributed by atoms with Crippen LogP contribution in [-0.2, 0) is 9.47 Å². The molecule has 1 saturated heterocycles. The minimum atomic E-state index is -0.185. The Hall–Kier alpha value is -1.30. The van der Waals surface area contributed by atoms with Crippen LogP contribution in [-0.4, -0.2) is 39.1 Å². The predicted molar refractivity (Wildman–Crippen MR) is 89.0 cm³/mol. The van der Waals surface area contributed by atoms with E-state index in [4.69, 9.17) is 25.8 Å². The predicted octanol–water partition coefficient (Wildman–Crippen LogP) is 3.26. The van der Waals surface area contributed by atoms with Gasteiger partial charge in [-0.2, -0.15) is 0 Å². The molecule has 6 heteroatoms. The molecule has 1 fully saturated rings. The minimum Gasteiger partial charge on any atom is -0.496 e. The van der Waals surface area contributed by atoms with Gasteiger partial charge in [-0.15, -0.1) is 0 Å². The second-order valence-corrected chi connectivity index (χ2v) is 6.70. The first-order valence-corrected chi connectivity index (χ1v) is 8.17. The number of rotatable bonds is 7. The molecular formula is C17H24ClNO4. The Morgan fingerprint density at radius 1 is 1.39 bits per heavy atom. The molecule has 1 aromatic carbocycles. The molecule has 1 aliphatic rings. The van der Waals surface area contributed by atoms with Crippen molar-refractivity contribution >= 4 is 17.5 Å². The molecular weight excluding hydrogens is 318 g/mol. The second kappa shape index (κ2) is 7.99. The zero-order valence-electron chi connectivity index (χ0n) is 13.9. The number of ether oxygens (including phenoxy) is 3. The molecule has 0 bridgehead atoms. The topological polar surface area (TPSA) is 56.8 Å². The van der Waals surface area contributed by atoms with Gasteiger partial charge in [0.15, 0.2) is 6.29 Å². The van der Waals surface area contributed by atoms with Crippen molar-refractivity contribution in [1.29, 1.82) is 0 Å². The highest BCUT2D eigenvalue weighted by Gasteiger charge is 2.33. The van der Waals surface area contributed by atoms with Gasteiger partial charge in [-0.3, -0.25) is 4.79 Å². The van der Waals surface area contributed by atoms with E-state index in [0.717, 1.165) is 12.8 Å². The van der Waals surface area contributed by atoms with Crippen LogP contribution in [0.15, 0.2) is 18.2 Å². The molecule has 128 valence electrons. The summed E-state index contributed by atoms with van der Waals surface area (Å²) < 4.78 is 16.3. The lowest BCUT2D eigenvalue weighted by molar-refractivity contribution is -0.122. The first-order valence-electron chi connectivity index (χ1n) is 7.79. The smallest absolute Gasteiger partial charge is 0.255 e. The monoisotopic (exact) mass is 341 g/mol. The van der Waals surface area contributed by atoms with E-state index in [1.807, 2.05) is 0 Å². The molecule has 0 unspecified atom stereocenters. The van der Waals surface area contributed by atoms with Gasteiger partial charge in [-0.05, 0) is 31.0 Å². The maximum Gasteiger partial charge on any atom is 0.255 e. The summed E-state index contributed by atoms with van der Waals surface area (Å²) in [5.74, 6) is 0.329. The van der Waals surface area contributed by atoms with Crippen molar-refractivity contribution in [3.05, 3.63) is 28.8 Å². The molecule has 0 saturated carbocycles. The largest absolute Gasteiger partial charge is 0.496 e. The van der Waals surface area contributed by atoms with Gasteiger partial charge in [0, 0.05) is 17.0 Å². The van der Waals surface area contributed by atoms with Crippen LogP contribution in [0.25, 0.3) is 0 Å². The molecule has 1 aliphatic heterocycles. The van der Waals surface area contributed by atoms with E-state index in [0.29, 0.717) is 36.1 Å². The molecule has 0 spiro atoms. The van der Waals surface area contributed by atoms with Gasteiger partial charge in [0.25, 0.3) is 5.91 Å². The van der Waals surface area contributed by atoms with Crippen LogP contribution in [0.2, 0.25) is 5.02 Å². The third kappa shape index (κ3) is 4.83. The van der Waals surface area contributed by atoms with Crippen molar-refractivity contribution in [2.75, 3.05) is 26.9 Å². The fourth-order valence-electron chi connectivity index (χ4n) is 2.63. The lowest BCUT2D eigenvalue weighted by atomic mass is 9.87. The second-order valence-electron chi connectivity index (χ2n) is 6.27. The van der Waals surface area contributed by atoms with Gasteiger partial charge in [-0.25, -0.2) is 0 Å². The van der Waals surface area contributed by atoms with Crippen LogP contribution in [0.1, 0.15) is 37.0 Å². The van der Waals surface area contributed by atoms with E-state index in [9.17, 15) is 4.79 Å². The highest BCUT2D eigenvalue weighted by molar-refractivity contribution is 6.31. The molecule has 5 nitrogen and oxygen atoms in total. The lowest BCUT2D eigenvalue weighted by Gasteiger charge is -2.29. The number of amides is 1. The van der Waals surface area contributed by atoms with Gasteiger partial charge < -0.3 is 19.5 Å². The van der Waals surface area contributed by atoms with E-state index in [-0.39, 0.29) is 17.6 Å². The Balaban J connectivity index is 1.82. The molecule has 1 N–H and O–H groups in total. The summed E-state index contributed by atoms with van der Waals surface area (Å²) in [5, 5.41) is 3.41. The highest BCUT2D eigenvalue weighted by Crippen LogP contribution is 2.32. The van der Waals surface area contributed by atoms with Gasteiger partial charge >= 0.3 is 0 Å². The molecule has 0 radical (unpaired) electrons. The number of nitrogens with one attached hydrogen (secondary N) is 1. The van der Waals surface area contributed by atoms with Gasteiger partial charge in [0.05, 0.1) is 25.9 Å². The van der Waals surface area contributed by atoms with Crippen molar-refractivity contribution < 1.29 is 19.0 Å². The van der Waals surface area contributed by atoms with Crippen LogP contribution >= 0.6 is 11.6 Å². The van der Waals surface area contributed by atoms with Gasteiger partial charge in [0.1, 0.15) is 5.75 Å². The molecule has 2 rings (SSSR count). The van der Waals surface area contributed by atoms with E-state index in [1.54, 1.807) is 18.2 Å². The summed E-state index contributed by atoms with van der Waals surface area (Å²) in [6, 6.07) is 5.00. The van der Waals surface area contributed by atoms with Crippen molar-refractivity contribution in [2.45, 2.75) is 33.0 Å². The first-order chi connectivity index (χ1) is 10.9. The van der Waals surface area contributed by atoms with Crippen LogP contribution < -0.4 is 10.1 Å². The summed E-state index contributed by atoms with van der Waals surface area (Å²) in [5.41, 5.74) is 0.372. The third-order valence-corrected chi connectivity index (χ3v) is 4.18. The standard InChI is InChI=1S/C17H24ClNO4/c1-17(2,16-22-9-10-23-16)7-4-8-19-15(20)13-11-12(18)5-6-14(13)21-3/h5-6,11,16H,4,7-10H2,1-3H3,(H,19,20). The summed E-state index contributed by atoms with van der Waals surface area (Å²) in [7, 11) is 1.53. The maximum atomic E-state index is 12.3. The Kier molecular flexibility index (Phi) is 6.27. The van der Waals surface area contributed by atoms with Crippen LogP contribution in [0, 0.1) is 5.41 Å². The van der Waals surface area contributed by atoms with E-state index in [2.05, 4.69) is 19.2 Å². The number of benzene rings is 1. The molecule has 1 heterocycles. The van der Waals surface area contributed by atoms with E-state index < -0.39 is 0 Å². The summed E-state index contributed by atoms with van der Waals surface area (Å²) in [4.78, 5) is 12.3. The number of halogens is 1. The normalized spacial score (nSPS) is 15.7. The van der Waals surface area contributed by atoms with E-state index in [1.165, 1.54) is 7.11 Å². The van der Waals surface area contributed by atoms with Gasteiger partial charge in [0.2, 0.25) is 0 Å². The zero-order valence-corrected chi connectivity index (χ0v) is 14.6. The molecule has 23 heavy (non-hydrogen) atoms. The van der Waals surface area contributed by atoms with Crippen LogP contribution in [0.4, 0.5) is 0 Å². The fraction of sp³-hybridized carbons (Fsp3) is 0.588. The quantitative estimate of drug-likeness (QED) is 0.773. The Morgan fingerprint density at radius 3 is 2.74 bits per heavy atom. The van der Waals surface area contributed by atoms with Crippen molar-refractivity contribution in [3.8, 4) is 5.75 Å². The average Bonchev–Trinajstić information content (AvgIpc) is 3.06. The number of hydrogen-bond donors (Lipinski definition) is 1. The zero-order chi connectivity index (χ0) is 16.9. The van der Waals surface area contributed by atoms with Crippen LogP contribution in [0.3, 0.4) is 0 Å². The Morgan fingerprint density at radius 2 is 2.09 bits per heavy atom. The molecule has 0 atom stereocenters. The summed E-state index contributed by atoms with van der Waals surface area (Å²) in [6.45, 7) is 6.11. The number of carbonyl (C=O) groups is 1. The number of hydrogen-bond acceptors (Lipinski definition) is 4. The maximum absolute atomic E-state index is 12.3. The van der Waals surface area contributed by atoms with E-state index >= 15 is 0 Å². The Labute approximate surface area is 142 Å². The number of methoxy groups -OCH3 is 1. The minimum absolute atomic E-state index is 0.0744. The van der Waals surface area contributed by atoms with Crippen molar-refractivity contribution in [2.24, 2.45) is 5.41 Å². The van der Waals surface area contributed by atoms with Crippen molar-refractivity contribution in [3.63, 3.8) is 0 Å². The summed E-state index contributed by atoms with van der Waals surface area (Å²) >= 11 is 5.95. The highest BCUT2D eigenvalue weighted by atomic mass is 35.5. The lowest BCUT2D eigenvalue weighted by Crippen LogP contribution is -2.32. The fourth-order valence-corrected chi connectivity index (χ4v) is 2.80. The first kappa shape index (κ1) is 18.0. The third-order valence-electron chi connectivity index (χ3n) is 3.95. The average molecular weight is 342 g/mol. The molecule has 0 aromatic heterocycles.